The smallest absolute Gasteiger partial charge is 0.318 e. The SMILES string of the molecule is N#Cc1cccnc1N1CCN(C(=O)NC2CCc3c2ccc(Cl)c3Cl)CC1. The van der Waals surface area contributed by atoms with Gasteiger partial charge >= 0.3 is 6.03 Å². The highest BCUT2D eigenvalue weighted by Gasteiger charge is 2.29. The number of carbonyl (C=O) groups excluding carboxylic acids is 1. The molecule has 1 aliphatic heterocycles. The number of nitriles is 1. The molecule has 1 atom stereocenters. The molecule has 1 unspecified atom stereocenters. The molecule has 2 aromatic rings. The number of benzene rings is 1. The summed E-state index contributed by atoms with van der Waals surface area (Å²) in [5.74, 6) is 0.682. The van der Waals surface area contributed by atoms with Gasteiger partial charge < -0.3 is 15.1 Å². The van der Waals surface area contributed by atoms with E-state index in [0.717, 1.165) is 24.0 Å². The molecule has 1 aromatic carbocycles. The number of hydrogen-bond acceptors (Lipinski definition) is 4. The summed E-state index contributed by atoms with van der Waals surface area (Å²) < 4.78 is 0. The monoisotopic (exact) mass is 415 g/mol. The predicted octanol–water partition coefficient (Wildman–Crippen LogP) is 3.78. The Balaban J connectivity index is 1.38. The van der Waals surface area contributed by atoms with Gasteiger partial charge in [-0.2, -0.15) is 5.26 Å². The standard InChI is InChI=1S/C20H19Cl2N5O/c21-16-5-3-14-15(18(16)22)4-6-17(14)25-20(28)27-10-8-26(9-11-27)19-13(12-23)2-1-7-24-19/h1-3,5,7,17H,4,6,8-11H2,(H,25,28). The van der Waals surface area contributed by atoms with E-state index >= 15 is 0 Å². The number of nitrogens with zero attached hydrogens (tertiary/aromatic N) is 4. The van der Waals surface area contributed by atoms with Crippen molar-refractivity contribution in [2.45, 2.75) is 18.9 Å². The van der Waals surface area contributed by atoms with Crippen molar-refractivity contribution < 1.29 is 4.79 Å². The fraction of sp³-hybridized carbons (Fsp3) is 0.350. The second kappa shape index (κ2) is 7.86. The Morgan fingerprint density at radius 2 is 2.00 bits per heavy atom. The summed E-state index contributed by atoms with van der Waals surface area (Å²) in [4.78, 5) is 20.9. The average Bonchev–Trinajstić information content (AvgIpc) is 3.14. The summed E-state index contributed by atoms with van der Waals surface area (Å²) in [6, 6.07) is 9.30. The van der Waals surface area contributed by atoms with Gasteiger partial charge in [0.05, 0.1) is 21.7 Å². The van der Waals surface area contributed by atoms with E-state index < -0.39 is 0 Å². The molecule has 2 aliphatic rings. The molecule has 0 saturated carbocycles. The maximum atomic E-state index is 12.8. The highest BCUT2D eigenvalue weighted by atomic mass is 35.5. The molecule has 28 heavy (non-hydrogen) atoms. The lowest BCUT2D eigenvalue weighted by Gasteiger charge is -2.36. The molecule has 2 amide bonds. The van der Waals surface area contributed by atoms with Crippen LogP contribution in [0.25, 0.3) is 0 Å². The zero-order valence-electron chi connectivity index (χ0n) is 15.2. The third kappa shape index (κ3) is 3.48. The van der Waals surface area contributed by atoms with Crippen molar-refractivity contribution in [1.82, 2.24) is 15.2 Å². The summed E-state index contributed by atoms with van der Waals surface area (Å²) in [6.45, 7) is 2.44. The lowest BCUT2D eigenvalue weighted by Crippen LogP contribution is -2.52. The van der Waals surface area contributed by atoms with Crippen LogP contribution in [0.4, 0.5) is 10.6 Å². The minimum absolute atomic E-state index is 0.0451. The Kier molecular flexibility index (Phi) is 5.29. The molecule has 8 heteroatoms. The predicted molar refractivity (Wildman–Crippen MR) is 109 cm³/mol. The molecule has 2 heterocycles. The number of carbonyl (C=O) groups is 1. The highest BCUT2D eigenvalue weighted by molar-refractivity contribution is 6.42. The Labute approximate surface area is 173 Å². The van der Waals surface area contributed by atoms with Crippen LogP contribution in [0.1, 0.15) is 29.2 Å². The van der Waals surface area contributed by atoms with Crippen LogP contribution >= 0.6 is 23.2 Å². The highest BCUT2D eigenvalue weighted by Crippen LogP contribution is 2.39. The molecule has 144 valence electrons. The van der Waals surface area contributed by atoms with Crippen molar-refractivity contribution in [1.29, 1.82) is 5.26 Å². The van der Waals surface area contributed by atoms with Crippen LogP contribution in [0.15, 0.2) is 30.5 Å². The van der Waals surface area contributed by atoms with Gasteiger partial charge in [0, 0.05) is 32.4 Å². The van der Waals surface area contributed by atoms with Crippen molar-refractivity contribution in [3.63, 3.8) is 0 Å². The van der Waals surface area contributed by atoms with E-state index in [4.69, 9.17) is 23.2 Å². The van der Waals surface area contributed by atoms with E-state index in [1.165, 1.54) is 0 Å². The van der Waals surface area contributed by atoms with Gasteiger partial charge in [-0.05, 0) is 42.2 Å². The van der Waals surface area contributed by atoms with Gasteiger partial charge in [0.1, 0.15) is 11.9 Å². The van der Waals surface area contributed by atoms with Gasteiger partial charge in [0.2, 0.25) is 0 Å². The molecular formula is C20H19Cl2N5O. The molecule has 6 nitrogen and oxygen atoms in total. The van der Waals surface area contributed by atoms with E-state index in [-0.39, 0.29) is 12.1 Å². The number of urea groups is 1. The third-order valence-corrected chi connectivity index (χ3v) is 6.21. The normalized spacial score (nSPS) is 18.5. The van der Waals surface area contributed by atoms with Crippen LogP contribution < -0.4 is 10.2 Å². The number of aromatic nitrogens is 1. The summed E-state index contributed by atoms with van der Waals surface area (Å²) in [6.07, 6.45) is 3.31. The number of halogens is 2. The Hall–Kier alpha value is -2.49. The van der Waals surface area contributed by atoms with Gasteiger partial charge in [0.15, 0.2) is 0 Å². The van der Waals surface area contributed by atoms with Crippen molar-refractivity contribution in [3.05, 3.63) is 57.2 Å². The van der Waals surface area contributed by atoms with Gasteiger partial charge in [-0.25, -0.2) is 9.78 Å². The summed E-state index contributed by atoms with van der Waals surface area (Å²) in [5, 5.41) is 13.5. The van der Waals surface area contributed by atoms with E-state index in [0.29, 0.717) is 47.6 Å². The number of pyridine rings is 1. The first-order valence-corrected chi connectivity index (χ1v) is 9.96. The molecule has 1 fully saturated rings. The minimum Gasteiger partial charge on any atom is -0.352 e. The van der Waals surface area contributed by atoms with E-state index in [2.05, 4.69) is 21.3 Å². The fourth-order valence-electron chi connectivity index (χ4n) is 3.88. The first-order chi connectivity index (χ1) is 13.6. The Morgan fingerprint density at radius 3 is 2.75 bits per heavy atom. The quantitative estimate of drug-likeness (QED) is 0.809. The summed E-state index contributed by atoms with van der Waals surface area (Å²) in [5.41, 5.74) is 2.63. The van der Waals surface area contributed by atoms with Gasteiger partial charge in [-0.3, -0.25) is 0 Å². The maximum Gasteiger partial charge on any atom is 0.318 e. The molecule has 1 aliphatic carbocycles. The van der Waals surface area contributed by atoms with Gasteiger partial charge in [-0.1, -0.05) is 29.3 Å². The van der Waals surface area contributed by atoms with E-state index in [1.54, 1.807) is 29.3 Å². The van der Waals surface area contributed by atoms with Crippen molar-refractivity contribution in [2.75, 3.05) is 31.1 Å². The summed E-state index contributed by atoms with van der Waals surface area (Å²) >= 11 is 12.4. The summed E-state index contributed by atoms with van der Waals surface area (Å²) in [7, 11) is 0. The number of rotatable bonds is 2. The van der Waals surface area contributed by atoms with Crippen LogP contribution in [-0.2, 0) is 6.42 Å². The first kappa shape index (κ1) is 18.9. The molecule has 1 saturated heterocycles. The zero-order chi connectivity index (χ0) is 19.7. The van der Waals surface area contributed by atoms with Crippen molar-refractivity contribution >= 4 is 35.1 Å². The largest absolute Gasteiger partial charge is 0.352 e. The molecule has 0 spiro atoms. The van der Waals surface area contributed by atoms with Crippen LogP contribution in [0.2, 0.25) is 10.0 Å². The molecule has 0 bridgehead atoms. The topological polar surface area (TPSA) is 72.3 Å². The second-order valence-corrected chi connectivity index (χ2v) is 7.72. The lowest BCUT2D eigenvalue weighted by atomic mass is 10.1. The van der Waals surface area contributed by atoms with Gasteiger partial charge in [0.25, 0.3) is 0 Å². The Bertz CT molecular complexity index is 950. The van der Waals surface area contributed by atoms with Gasteiger partial charge in [-0.15, -0.1) is 0 Å². The lowest BCUT2D eigenvalue weighted by molar-refractivity contribution is 0.190. The number of anilines is 1. The molecular weight excluding hydrogens is 397 g/mol. The van der Waals surface area contributed by atoms with E-state index in [1.807, 2.05) is 6.07 Å². The number of amides is 2. The third-order valence-electron chi connectivity index (χ3n) is 5.36. The van der Waals surface area contributed by atoms with Crippen LogP contribution in [-0.4, -0.2) is 42.1 Å². The average molecular weight is 416 g/mol. The fourth-order valence-corrected chi connectivity index (χ4v) is 4.32. The van der Waals surface area contributed by atoms with Crippen molar-refractivity contribution in [2.24, 2.45) is 0 Å². The zero-order valence-corrected chi connectivity index (χ0v) is 16.7. The Morgan fingerprint density at radius 1 is 1.21 bits per heavy atom. The minimum atomic E-state index is -0.0786. The number of nitrogens with one attached hydrogen (secondary N) is 1. The molecule has 4 rings (SSSR count). The van der Waals surface area contributed by atoms with E-state index in [9.17, 15) is 10.1 Å². The number of fused-ring (bicyclic) bond motifs is 1. The second-order valence-electron chi connectivity index (χ2n) is 6.93. The van der Waals surface area contributed by atoms with Crippen molar-refractivity contribution in [3.8, 4) is 6.07 Å². The first-order valence-electron chi connectivity index (χ1n) is 9.20. The molecule has 0 radical (unpaired) electrons. The number of hydrogen-bond donors (Lipinski definition) is 1. The molecule has 1 N–H and O–H groups in total. The van der Waals surface area contributed by atoms with Crippen LogP contribution in [0.5, 0.6) is 0 Å². The van der Waals surface area contributed by atoms with Crippen LogP contribution in [0, 0.1) is 11.3 Å². The van der Waals surface area contributed by atoms with Crippen LogP contribution in [0.3, 0.4) is 0 Å². The molecule has 1 aromatic heterocycles. The number of piperazine rings is 1. The maximum absolute atomic E-state index is 12.8.